The fourth-order valence-electron chi connectivity index (χ4n) is 1.38. The number of carbonyl (C=O) groups is 1. The lowest BCUT2D eigenvalue weighted by molar-refractivity contribution is -0.592. The zero-order chi connectivity index (χ0) is 14.8. The lowest BCUT2D eigenvalue weighted by atomic mass is 10.0. The Hall–Kier alpha value is -1.63. The molecule has 0 aromatic rings. The molecule has 0 saturated heterocycles. The number of ether oxygens (including phenoxy) is 1. The second-order valence-electron chi connectivity index (χ2n) is 4.99. The Morgan fingerprint density at radius 1 is 1.63 bits per heavy atom. The van der Waals surface area contributed by atoms with Crippen molar-refractivity contribution in [3.63, 3.8) is 0 Å². The van der Waals surface area contributed by atoms with Crippen molar-refractivity contribution in [3.8, 4) is 0 Å². The summed E-state index contributed by atoms with van der Waals surface area (Å²) in [6.07, 6.45) is 1.85. The maximum absolute atomic E-state index is 14.2. The molecule has 8 heteroatoms. The Kier molecular flexibility index (Phi) is 4.19. The molecule has 0 aromatic carbocycles. The standard InChI is InChI=1S/C11H14ClFN2O4/c1-10(2,3)19-9(16)14-8-6-7(12)4-5-11(8,13)15(17)18/h4-6,8H,1-3H3,(H,14,16). The lowest BCUT2D eigenvalue weighted by Gasteiger charge is -2.26. The molecule has 1 amide bonds. The van der Waals surface area contributed by atoms with Crippen LogP contribution in [0.5, 0.6) is 0 Å². The van der Waals surface area contributed by atoms with Crippen LogP contribution in [-0.2, 0) is 4.74 Å². The van der Waals surface area contributed by atoms with E-state index in [9.17, 15) is 19.3 Å². The predicted octanol–water partition coefficient (Wildman–Crippen LogP) is 2.51. The van der Waals surface area contributed by atoms with E-state index >= 15 is 0 Å². The van der Waals surface area contributed by atoms with Crippen LogP contribution in [0.4, 0.5) is 9.18 Å². The number of amides is 1. The minimum Gasteiger partial charge on any atom is -0.444 e. The summed E-state index contributed by atoms with van der Waals surface area (Å²) in [5, 5.41) is 13.0. The van der Waals surface area contributed by atoms with Crippen molar-refractivity contribution in [1.82, 2.24) is 5.32 Å². The lowest BCUT2D eigenvalue weighted by Crippen LogP contribution is -2.54. The number of alkyl halides is 1. The number of hydrogen-bond donors (Lipinski definition) is 1. The highest BCUT2D eigenvalue weighted by atomic mass is 35.5. The molecule has 0 radical (unpaired) electrons. The minimum atomic E-state index is -2.95. The van der Waals surface area contributed by atoms with Crippen LogP contribution >= 0.6 is 11.6 Å². The molecule has 2 atom stereocenters. The molecular weight excluding hydrogens is 279 g/mol. The van der Waals surface area contributed by atoms with Gasteiger partial charge in [-0.1, -0.05) is 11.6 Å². The van der Waals surface area contributed by atoms with E-state index in [1.54, 1.807) is 20.8 Å². The Morgan fingerprint density at radius 2 is 2.21 bits per heavy atom. The summed E-state index contributed by atoms with van der Waals surface area (Å²) < 4.78 is 19.1. The number of nitrogens with one attached hydrogen (secondary N) is 1. The van der Waals surface area contributed by atoms with Crippen molar-refractivity contribution in [2.24, 2.45) is 0 Å². The summed E-state index contributed by atoms with van der Waals surface area (Å²) >= 11 is 5.65. The summed E-state index contributed by atoms with van der Waals surface area (Å²) in [4.78, 5) is 21.2. The Morgan fingerprint density at radius 3 is 2.68 bits per heavy atom. The van der Waals surface area contributed by atoms with E-state index < -0.39 is 28.5 Å². The largest absolute Gasteiger partial charge is 0.444 e. The number of allylic oxidation sites excluding steroid dienone is 2. The van der Waals surface area contributed by atoms with Crippen LogP contribution in [0.3, 0.4) is 0 Å². The molecule has 0 aromatic heterocycles. The van der Waals surface area contributed by atoms with Gasteiger partial charge in [0.1, 0.15) is 5.60 Å². The molecule has 1 N–H and O–H groups in total. The van der Waals surface area contributed by atoms with Gasteiger partial charge in [-0.3, -0.25) is 10.1 Å². The Bertz CT molecular complexity index is 458. The number of rotatable bonds is 2. The molecule has 1 aliphatic carbocycles. The van der Waals surface area contributed by atoms with E-state index in [1.165, 1.54) is 0 Å². The summed E-state index contributed by atoms with van der Waals surface area (Å²) in [5.41, 5.74) is -0.796. The highest BCUT2D eigenvalue weighted by Gasteiger charge is 2.51. The highest BCUT2D eigenvalue weighted by molar-refractivity contribution is 6.31. The average molecular weight is 293 g/mol. The van der Waals surface area contributed by atoms with Gasteiger partial charge < -0.3 is 10.1 Å². The Balaban J connectivity index is 2.87. The van der Waals surface area contributed by atoms with E-state index in [2.05, 4.69) is 5.32 Å². The highest BCUT2D eigenvalue weighted by Crippen LogP contribution is 2.28. The first-order valence-electron chi connectivity index (χ1n) is 5.44. The smallest absolute Gasteiger partial charge is 0.408 e. The topological polar surface area (TPSA) is 81.5 Å². The molecule has 0 saturated carbocycles. The van der Waals surface area contributed by atoms with E-state index in [-0.39, 0.29) is 5.03 Å². The number of nitro groups is 1. The second-order valence-corrected chi connectivity index (χ2v) is 5.43. The first kappa shape index (κ1) is 15.4. The van der Waals surface area contributed by atoms with Gasteiger partial charge in [-0.25, -0.2) is 4.79 Å². The summed E-state index contributed by atoms with van der Waals surface area (Å²) in [6.45, 7) is 4.85. The van der Waals surface area contributed by atoms with E-state index in [4.69, 9.17) is 16.3 Å². The van der Waals surface area contributed by atoms with Crippen LogP contribution in [0.15, 0.2) is 23.3 Å². The molecule has 19 heavy (non-hydrogen) atoms. The van der Waals surface area contributed by atoms with Gasteiger partial charge in [0.2, 0.25) is 0 Å². The van der Waals surface area contributed by atoms with Gasteiger partial charge in [-0.15, -0.1) is 0 Å². The van der Waals surface area contributed by atoms with Crippen LogP contribution in [-0.4, -0.2) is 28.5 Å². The molecule has 0 spiro atoms. The third kappa shape index (κ3) is 3.92. The zero-order valence-electron chi connectivity index (χ0n) is 10.6. The van der Waals surface area contributed by atoms with Crippen LogP contribution in [0.25, 0.3) is 0 Å². The third-order valence-corrected chi connectivity index (χ3v) is 2.44. The van der Waals surface area contributed by atoms with Gasteiger partial charge in [-0.05, 0) is 32.9 Å². The van der Waals surface area contributed by atoms with Gasteiger partial charge >= 0.3 is 11.9 Å². The number of nitrogens with zero attached hydrogens (tertiary/aromatic N) is 1. The normalized spacial score (nSPS) is 26.6. The Labute approximate surface area is 114 Å². The van der Waals surface area contributed by atoms with Crippen molar-refractivity contribution in [3.05, 3.63) is 33.4 Å². The maximum Gasteiger partial charge on any atom is 0.408 e. The minimum absolute atomic E-state index is 0.0937. The van der Waals surface area contributed by atoms with Crippen LogP contribution in [0, 0.1) is 10.1 Å². The van der Waals surface area contributed by atoms with Crippen LogP contribution in [0.2, 0.25) is 0 Å². The molecule has 1 rings (SSSR count). The summed E-state index contributed by atoms with van der Waals surface area (Å²) in [5.74, 6) is -2.95. The molecular formula is C11H14ClFN2O4. The number of alkyl carbamates (subject to hydrolysis) is 1. The van der Waals surface area contributed by atoms with Crippen LogP contribution < -0.4 is 5.32 Å². The van der Waals surface area contributed by atoms with Gasteiger partial charge in [0, 0.05) is 11.1 Å². The van der Waals surface area contributed by atoms with Gasteiger partial charge in [0.05, 0.1) is 4.92 Å². The third-order valence-electron chi connectivity index (χ3n) is 2.19. The van der Waals surface area contributed by atoms with E-state index in [1.807, 2.05) is 0 Å². The van der Waals surface area contributed by atoms with Crippen molar-refractivity contribution in [1.29, 1.82) is 0 Å². The average Bonchev–Trinajstić information content (AvgIpc) is 2.20. The molecule has 0 aliphatic heterocycles. The van der Waals surface area contributed by atoms with E-state index in [0.717, 1.165) is 12.2 Å². The zero-order valence-corrected chi connectivity index (χ0v) is 11.4. The van der Waals surface area contributed by atoms with E-state index in [0.29, 0.717) is 6.08 Å². The fraction of sp³-hybridized carbons (Fsp3) is 0.545. The SMILES string of the molecule is CC(C)(C)OC(=O)NC1C=C(Cl)C=CC1(F)[N+](=O)[O-]. The summed E-state index contributed by atoms with van der Waals surface area (Å²) in [6, 6.07) is -1.53. The molecule has 2 unspecified atom stereocenters. The summed E-state index contributed by atoms with van der Waals surface area (Å²) in [7, 11) is 0. The second kappa shape index (κ2) is 5.16. The number of carbonyl (C=O) groups excluding carboxylic acids is 1. The fourth-order valence-corrected chi connectivity index (χ4v) is 1.57. The predicted molar refractivity (Wildman–Crippen MR) is 67.1 cm³/mol. The maximum atomic E-state index is 14.2. The molecule has 0 heterocycles. The molecule has 1 aliphatic rings. The van der Waals surface area contributed by atoms with Gasteiger partial charge in [0.15, 0.2) is 6.04 Å². The number of halogens is 2. The quantitative estimate of drug-likeness (QED) is 0.482. The molecule has 0 bridgehead atoms. The van der Waals surface area contributed by atoms with Crippen molar-refractivity contribution in [2.45, 2.75) is 38.2 Å². The van der Waals surface area contributed by atoms with Gasteiger partial charge in [0.25, 0.3) is 0 Å². The van der Waals surface area contributed by atoms with Crippen molar-refractivity contribution in [2.75, 3.05) is 0 Å². The van der Waals surface area contributed by atoms with Gasteiger partial charge in [-0.2, -0.15) is 4.39 Å². The van der Waals surface area contributed by atoms with Crippen LogP contribution in [0.1, 0.15) is 20.8 Å². The monoisotopic (exact) mass is 292 g/mol. The number of hydrogen-bond acceptors (Lipinski definition) is 4. The van der Waals surface area contributed by atoms with Crippen molar-refractivity contribution >= 4 is 17.7 Å². The first-order valence-corrected chi connectivity index (χ1v) is 5.82. The molecule has 0 fully saturated rings. The first-order chi connectivity index (χ1) is 8.54. The molecule has 6 nitrogen and oxygen atoms in total. The molecule has 106 valence electrons. The van der Waals surface area contributed by atoms with Crippen molar-refractivity contribution < 1.29 is 18.8 Å².